The maximum Gasteiger partial charge on any atom is 0.309 e. The van der Waals surface area contributed by atoms with Crippen LogP contribution in [0.1, 0.15) is 35.0 Å². The lowest BCUT2D eigenvalue weighted by atomic mass is 9.93. The molecule has 1 aromatic heterocycles. The van der Waals surface area contributed by atoms with Gasteiger partial charge in [-0.05, 0) is 19.9 Å². The third-order valence-electron chi connectivity index (χ3n) is 4.96. The summed E-state index contributed by atoms with van der Waals surface area (Å²) in [5, 5.41) is 13.9. The largest absolute Gasteiger partial charge is 0.481 e. The topological polar surface area (TPSA) is 75.4 Å². The molecule has 25 heavy (non-hydrogen) atoms. The van der Waals surface area contributed by atoms with Gasteiger partial charge in [0.15, 0.2) is 0 Å². The fraction of sp³-hybridized carbons (Fsp3) is 0.389. The Hall–Kier alpha value is -2.70. The second kappa shape index (κ2) is 6.31. The first-order valence-electron chi connectivity index (χ1n) is 8.07. The molecule has 0 bridgehead atoms. The molecule has 7 heteroatoms. The summed E-state index contributed by atoms with van der Waals surface area (Å²) in [6, 6.07) is 5.20. The summed E-state index contributed by atoms with van der Waals surface area (Å²) in [7, 11) is 1.81. The maximum absolute atomic E-state index is 14.3. The van der Waals surface area contributed by atoms with Gasteiger partial charge in [-0.2, -0.15) is 5.10 Å². The molecule has 2 aromatic rings. The average Bonchev–Trinajstić information content (AvgIpc) is 3.00. The van der Waals surface area contributed by atoms with Crippen LogP contribution in [0.25, 0.3) is 0 Å². The van der Waals surface area contributed by atoms with E-state index in [4.69, 9.17) is 0 Å². The van der Waals surface area contributed by atoms with E-state index in [0.29, 0.717) is 0 Å². The normalized spacial score (nSPS) is 20.3. The number of halogens is 1. The first-order valence-corrected chi connectivity index (χ1v) is 8.07. The number of rotatable bonds is 4. The van der Waals surface area contributed by atoms with E-state index >= 15 is 0 Å². The second-order valence-electron chi connectivity index (χ2n) is 6.41. The average molecular weight is 345 g/mol. The number of amides is 1. The van der Waals surface area contributed by atoms with Gasteiger partial charge in [0.1, 0.15) is 5.82 Å². The highest BCUT2D eigenvalue weighted by Gasteiger charge is 2.45. The second-order valence-corrected chi connectivity index (χ2v) is 6.41. The van der Waals surface area contributed by atoms with Crippen LogP contribution in [0, 0.1) is 25.6 Å². The standard InChI is InChI=1S/C18H20FN3O3/c1-10-14(11(2)21(3)20-10)9-22-16(23)8-13(18(24)25)17(22)12-6-4-5-7-15(12)19/h4-7,13,17H,8-9H2,1-3H3,(H,24,25)/t13-,17-/m0/s1. The van der Waals surface area contributed by atoms with Crippen LogP contribution in [0.5, 0.6) is 0 Å². The number of carboxylic acid groups (broad SMARTS) is 1. The molecule has 1 aromatic carbocycles. The minimum atomic E-state index is -1.09. The van der Waals surface area contributed by atoms with E-state index in [0.717, 1.165) is 17.0 Å². The van der Waals surface area contributed by atoms with Crippen LogP contribution in [0.3, 0.4) is 0 Å². The molecule has 3 rings (SSSR count). The molecule has 1 amide bonds. The van der Waals surface area contributed by atoms with E-state index in [1.165, 1.54) is 11.0 Å². The number of hydrogen-bond donors (Lipinski definition) is 1. The molecule has 2 atom stereocenters. The highest BCUT2D eigenvalue weighted by Crippen LogP contribution is 2.40. The Balaban J connectivity index is 2.05. The van der Waals surface area contributed by atoms with Crippen LogP contribution >= 0.6 is 0 Å². The lowest BCUT2D eigenvalue weighted by molar-refractivity contribution is -0.142. The van der Waals surface area contributed by atoms with Crippen LogP contribution in [0.4, 0.5) is 4.39 Å². The number of likely N-dealkylation sites (tertiary alicyclic amines) is 1. The zero-order valence-corrected chi connectivity index (χ0v) is 14.4. The molecule has 1 aliphatic rings. The zero-order valence-electron chi connectivity index (χ0n) is 14.4. The SMILES string of the molecule is Cc1nn(C)c(C)c1CN1C(=O)C[C@H](C(=O)O)[C@@H]1c1ccccc1F. The van der Waals surface area contributed by atoms with Crippen molar-refractivity contribution in [2.24, 2.45) is 13.0 Å². The molecule has 1 aliphatic heterocycles. The van der Waals surface area contributed by atoms with Crippen molar-refractivity contribution in [3.8, 4) is 0 Å². The molecular weight excluding hydrogens is 325 g/mol. The van der Waals surface area contributed by atoms with Gasteiger partial charge >= 0.3 is 5.97 Å². The van der Waals surface area contributed by atoms with Gasteiger partial charge in [0.05, 0.1) is 17.7 Å². The maximum atomic E-state index is 14.3. The summed E-state index contributed by atoms with van der Waals surface area (Å²) in [4.78, 5) is 25.7. The van der Waals surface area contributed by atoms with Gasteiger partial charge in [0.2, 0.25) is 5.91 Å². The van der Waals surface area contributed by atoms with E-state index in [9.17, 15) is 19.1 Å². The van der Waals surface area contributed by atoms with Crippen molar-refractivity contribution in [3.63, 3.8) is 0 Å². The summed E-state index contributed by atoms with van der Waals surface area (Å²) in [5.74, 6) is -2.85. The number of carboxylic acids is 1. The monoisotopic (exact) mass is 345 g/mol. The van der Waals surface area contributed by atoms with E-state index in [1.807, 2.05) is 20.9 Å². The number of nitrogens with zero attached hydrogens (tertiary/aromatic N) is 3. The first-order chi connectivity index (χ1) is 11.8. The van der Waals surface area contributed by atoms with E-state index in [1.54, 1.807) is 22.9 Å². The Morgan fingerprint density at radius 3 is 2.60 bits per heavy atom. The smallest absolute Gasteiger partial charge is 0.309 e. The van der Waals surface area contributed by atoms with Crippen molar-refractivity contribution >= 4 is 11.9 Å². The minimum Gasteiger partial charge on any atom is -0.481 e. The Bertz CT molecular complexity index is 846. The first kappa shape index (κ1) is 17.1. The van der Waals surface area contributed by atoms with Crippen LogP contribution in [-0.2, 0) is 23.2 Å². The van der Waals surface area contributed by atoms with Gasteiger partial charge in [0.25, 0.3) is 0 Å². The molecule has 1 N–H and O–H groups in total. The molecule has 0 unspecified atom stereocenters. The van der Waals surface area contributed by atoms with Crippen molar-refractivity contribution in [2.75, 3.05) is 0 Å². The minimum absolute atomic E-state index is 0.132. The van der Waals surface area contributed by atoms with Crippen LogP contribution < -0.4 is 0 Å². The van der Waals surface area contributed by atoms with Crippen LogP contribution in [-0.4, -0.2) is 31.7 Å². The predicted molar refractivity (Wildman–Crippen MR) is 88.1 cm³/mol. The Morgan fingerprint density at radius 2 is 2.04 bits per heavy atom. The molecule has 1 fully saturated rings. The van der Waals surface area contributed by atoms with Gasteiger partial charge in [-0.15, -0.1) is 0 Å². The van der Waals surface area contributed by atoms with E-state index in [2.05, 4.69) is 5.10 Å². The number of carbonyl (C=O) groups excluding carboxylic acids is 1. The lowest BCUT2D eigenvalue weighted by Crippen LogP contribution is -2.31. The fourth-order valence-corrected chi connectivity index (χ4v) is 3.51. The highest BCUT2D eigenvalue weighted by atomic mass is 19.1. The summed E-state index contributed by atoms with van der Waals surface area (Å²) in [6.45, 7) is 3.95. The molecule has 132 valence electrons. The summed E-state index contributed by atoms with van der Waals surface area (Å²) in [5.41, 5.74) is 2.78. The van der Waals surface area contributed by atoms with Crippen molar-refractivity contribution in [1.82, 2.24) is 14.7 Å². The Labute approximate surface area is 144 Å². The molecular formula is C18H20FN3O3. The third kappa shape index (κ3) is 2.90. The quantitative estimate of drug-likeness (QED) is 0.923. The number of benzene rings is 1. The van der Waals surface area contributed by atoms with Gasteiger partial charge in [0, 0.05) is 36.8 Å². The van der Waals surface area contributed by atoms with Crippen LogP contribution in [0.15, 0.2) is 24.3 Å². The van der Waals surface area contributed by atoms with Crippen molar-refractivity contribution < 1.29 is 19.1 Å². The van der Waals surface area contributed by atoms with Gasteiger partial charge in [-0.3, -0.25) is 14.3 Å². The lowest BCUT2D eigenvalue weighted by Gasteiger charge is -2.28. The van der Waals surface area contributed by atoms with Gasteiger partial charge in [-0.25, -0.2) is 4.39 Å². The Morgan fingerprint density at radius 1 is 1.36 bits per heavy atom. The predicted octanol–water partition coefficient (Wildman–Crippen LogP) is 2.35. The molecule has 2 heterocycles. The van der Waals surface area contributed by atoms with Crippen molar-refractivity contribution in [1.29, 1.82) is 0 Å². The molecule has 1 saturated heterocycles. The Kier molecular flexibility index (Phi) is 4.32. The fourth-order valence-electron chi connectivity index (χ4n) is 3.51. The van der Waals surface area contributed by atoms with Gasteiger partial charge in [-0.1, -0.05) is 18.2 Å². The molecule has 0 spiro atoms. The summed E-state index contributed by atoms with van der Waals surface area (Å²) >= 11 is 0. The summed E-state index contributed by atoms with van der Waals surface area (Å²) < 4.78 is 16.1. The molecule has 6 nitrogen and oxygen atoms in total. The van der Waals surface area contributed by atoms with Crippen molar-refractivity contribution in [3.05, 3.63) is 52.6 Å². The number of aromatic nitrogens is 2. The van der Waals surface area contributed by atoms with Crippen LogP contribution in [0.2, 0.25) is 0 Å². The van der Waals surface area contributed by atoms with E-state index < -0.39 is 23.7 Å². The number of aliphatic carboxylic acids is 1. The number of carbonyl (C=O) groups is 2. The summed E-state index contributed by atoms with van der Waals surface area (Å²) in [6.07, 6.45) is -0.132. The molecule has 0 radical (unpaired) electrons. The van der Waals surface area contributed by atoms with E-state index in [-0.39, 0.29) is 24.4 Å². The zero-order chi connectivity index (χ0) is 18.3. The highest BCUT2D eigenvalue weighted by molar-refractivity contribution is 5.87. The van der Waals surface area contributed by atoms with Gasteiger partial charge < -0.3 is 10.0 Å². The third-order valence-corrected chi connectivity index (χ3v) is 4.96. The van der Waals surface area contributed by atoms with Crippen molar-refractivity contribution in [2.45, 2.75) is 32.9 Å². The number of aryl methyl sites for hydroxylation is 2. The molecule has 0 saturated carbocycles. The molecule has 0 aliphatic carbocycles. The number of hydrogen-bond acceptors (Lipinski definition) is 3.